The third-order valence-corrected chi connectivity index (χ3v) is 2.62. The number of nitrogens with one attached hydrogen (secondary N) is 1. The van der Waals surface area contributed by atoms with Gasteiger partial charge in [0.2, 0.25) is 5.88 Å². The Morgan fingerprint density at radius 1 is 1.41 bits per heavy atom. The Hall–Kier alpha value is -1.03. The van der Waals surface area contributed by atoms with E-state index in [1.165, 1.54) is 6.33 Å². The number of hydrogen-bond donors (Lipinski definition) is 1. The van der Waals surface area contributed by atoms with Gasteiger partial charge in [-0.3, -0.25) is 0 Å². The first-order valence-electron chi connectivity index (χ1n) is 6.07. The summed E-state index contributed by atoms with van der Waals surface area (Å²) >= 11 is 5.74. The average Bonchev–Trinajstić information content (AvgIpc) is 2.36. The molecule has 0 amide bonds. The summed E-state index contributed by atoms with van der Waals surface area (Å²) in [4.78, 5) is 8.23. The van der Waals surface area contributed by atoms with Crippen LogP contribution in [0.3, 0.4) is 0 Å². The molecule has 0 aliphatic rings. The molecule has 1 aromatic rings. The van der Waals surface area contributed by atoms with Crippen LogP contribution in [0.4, 0.5) is 5.82 Å². The summed E-state index contributed by atoms with van der Waals surface area (Å²) in [5, 5.41) is 3.33. The van der Waals surface area contributed by atoms with Gasteiger partial charge in [0, 0.05) is 18.0 Å². The van der Waals surface area contributed by atoms with Crippen LogP contribution in [-0.4, -0.2) is 28.5 Å². The molecule has 0 saturated heterocycles. The first kappa shape index (κ1) is 14.0. The van der Waals surface area contributed by atoms with E-state index in [4.69, 9.17) is 16.3 Å². The Balaban J connectivity index is 2.57. The van der Waals surface area contributed by atoms with Gasteiger partial charge in [-0.2, -0.15) is 0 Å². The Labute approximate surface area is 108 Å². The molecule has 1 N–H and O–H groups in total. The lowest BCUT2D eigenvalue weighted by Gasteiger charge is -2.16. The van der Waals surface area contributed by atoms with Crippen molar-refractivity contribution in [2.45, 2.75) is 39.2 Å². The molecule has 0 aliphatic heterocycles. The number of ether oxygens (including phenoxy) is 1. The summed E-state index contributed by atoms with van der Waals surface area (Å²) in [6.45, 7) is 4.86. The molecule has 0 saturated carbocycles. The maximum Gasteiger partial charge on any atom is 0.218 e. The minimum Gasteiger partial charge on any atom is -0.478 e. The van der Waals surface area contributed by atoms with Crippen molar-refractivity contribution in [3.05, 3.63) is 12.4 Å². The third-order valence-electron chi connectivity index (χ3n) is 2.40. The largest absolute Gasteiger partial charge is 0.478 e. The SMILES string of the molecule is CCCOc1cc(NC(CC)CCCl)ncn1. The van der Waals surface area contributed by atoms with Crippen LogP contribution < -0.4 is 10.1 Å². The molecular weight excluding hydrogens is 238 g/mol. The maximum absolute atomic E-state index is 5.74. The van der Waals surface area contributed by atoms with Gasteiger partial charge in [-0.25, -0.2) is 9.97 Å². The zero-order valence-electron chi connectivity index (χ0n) is 10.4. The molecule has 0 bridgehead atoms. The van der Waals surface area contributed by atoms with Gasteiger partial charge in [-0.1, -0.05) is 13.8 Å². The number of aromatic nitrogens is 2. The first-order valence-corrected chi connectivity index (χ1v) is 6.60. The molecule has 0 spiro atoms. The molecule has 0 aliphatic carbocycles. The smallest absolute Gasteiger partial charge is 0.218 e. The summed E-state index contributed by atoms with van der Waals surface area (Å²) in [5.41, 5.74) is 0. The van der Waals surface area contributed by atoms with Crippen molar-refractivity contribution in [1.82, 2.24) is 9.97 Å². The lowest BCUT2D eigenvalue weighted by Crippen LogP contribution is -2.19. The van der Waals surface area contributed by atoms with E-state index in [-0.39, 0.29) is 0 Å². The van der Waals surface area contributed by atoms with Crippen molar-refractivity contribution in [2.24, 2.45) is 0 Å². The van der Waals surface area contributed by atoms with Gasteiger partial charge in [0.25, 0.3) is 0 Å². The van der Waals surface area contributed by atoms with E-state index >= 15 is 0 Å². The Morgan fingerprint density at radius 2 is 2.24 bits per heavy atom. The standard InChI is InChI=1S/C12H20ClN3O/c1-3-7-17-12-8-11(14-9-15-12)16-10(4-2)5-6-13/h8-10H,3-7H2,1-2H3,(H,14,15,16). The predicted molar refractivity (Wildman–Crippen MR) is 70.9 cm³/mol. The van der Waals surface area contributed by atoms with Crippen molar-refractivity contribution >= 4 is 17.4 Å². The van der Waals surface area contributed by atoms with Crippen LogP contribution in [0.25, 0.3) is 0 Å². The van der Waals surface area contributed by atoms with Crippen LogP contribution in [0.2, 0.25) is 0 Å². The molecule has 0 aromatic carbocycles. The van der Waals surface area contributed by atoms with E-state index in [0.717, 1.165) is 25.1 Å². The minimum atomic E-state index is 0.349. The zero-order valence-corrected chi connectivity index (χ0v) is 11.2. The van der Waals surface area contributed by atoms with Crippen LogP contribution >= 0.6 is 11.6 Å². The van der Waals surface area contributed by atoms with E-state index in [2.05, 4.69) is 29.1 Å². The molecule has 1 unspecified atom stereocenters. The summed E-state index contributed by atoms with van der Waals surface area (Å²) in [7, 11) is 0. The number of nitrogens with zero attached hydrogens (tertiary/aromatic N) is 2. The summed E-state index contributed by atoms with van der Waals surface area (Å²) in [6, 6.07) is 2.17. The highest BCUT2D eigenvalue weighted by molar-refractivity contribution is 6.17. The molecule has 0 fully saturated rings. The van der Waals surface area contributed by atoms with E-state index in [9.17, 15) is 0 Å². The number of hydrogen-bond acceptors (Lipinski definition) is 4. The summed E-state index contributed by atoms with van der Waals surface area (Å²) in [6.07, 6.45) is 4.42. The van der Waals surface area contributed by atoms with E-state index in [1.807, 2.05) is 6.07 Å². The van der Waals surface area contributed by atoms with Gasteiger partial charge < -0.3 is 10.1 Å². The van der Waals surface area contributed by atoms with Crippen LogP contribution in [0.5, 0.6) is 5.88 Å². The van der Waals surface area contributed by atoms with Gasteiger partial charge in [-0.05, 0) is 19.3 Å². The molecule has 4 nitrogen and oxygen atoms in total. The number of anilines is 1. The topological polar surface area (TPSA) is 47.0 Å². The van der Waals surface area contributed by atoms with Crippen LogP contribution in [-0.2, 0) is 0 Å². The minimum absolute atomic E-state index is 0.349. The van der Waals surface area contributed by atoms with Gasteiger partial charge >= 0.3 is 0 Å². The molecule has 1 aromatic heterocycles. The second-order valence-corrected chi connectivity index (χ2v) is 4.20. The molecule has 1 heterocycles. The van der Waals surface area contributed by atoms with E-state index in [1.54, 1.807) is 0 Å². The van der Waals surface area contributed by atoms with Gasteiger partial charge in [0.05, 0.1) is 6.61 Å². The second kappa shape index (κ2) is 8.12. The molecule has 0 radical (unpaired) electrons. The molecule has 96 valence electrons. The maximum atomic E-state index is 5.74. The third kappa shape index (κ3) is 5.22. The van der Waals surface area contributed by atoms with Gasteiger partial charge in [0.15, 0.2) is 0 Å². The fraction of sp³-hybridized carbons (Fsp3) is 0.667. The highest BCUT2D eigenvalue weighted by Gasteiger charge is 2.07. The van der Waals surface area contributed by atoms with Crippen LogP contribution in [0.15, 0.2) is 12.4 Å². The number of alkyl halides is 1. The van der Waals surface area contributed by atoms with Crippen molar-refractivity contribution in [3.8, 4) is 5.88 Å². The normalized spacial score (nSPS) is 12.2. The lowest BCUT2D eigenvalue weighted by molar-refractivity contribution is 0.305. The van der Waals surface area contributed by atoms with E-state index in [0.29, 0.717) is 24.4 Å². The summed E-state index contributed by atoms with van der Waals surface area (Å²) < 4.78 is 5.45. The highest BCUT2D eigenvalue weighted by Crippen LogP contribution is 2.14. The predicted octanol–water partition coefficient (Wildman–Crippen LogP) is 3.08. The van der Waals surface area contributed by atoms with Crippen LogP contribution in [0.1, 0.15) is 33.1 Å². The quantitative estimate of drug-likeness (QED) is 0.727. The van der Waals surface area contributed by atoms with Crippen molar-refractivity contribution in [1.29, 1.82) is 0 Å². The molecule has 1 rings (SSSR count). The average molecular weight is 258 g/mol. The Kier molecular flexibility index (Phi) is 6.70. The summed E-state index contributed by atoms with van der Waals surface area (Å²) in [5.74, 6) is 2.06. The van der Waals surface area contributed by atoms with Crippen LogP contribution in [0, 0.1) is 0 Å². The van der Waals surface area contributed by atoms with Gasteiger partial charge in [0.1, 0.15) is 12.1 Å². The highest BCUT2D eigenvalue weighted by atomic mass is 35.5. The molecule has 1 atom stereocenters. The number of halogens is 1. The number of rotatable bonds is 8. The van der Waals surface area contributed by atoms with E-state index < -0.39 is 0 Å². The van der Waals surface area contributed by atoms with Crippen molar-refractivity contribution in [3.63, 3.8) is 0 Å². The van der Waals surface area contributed by atoms with Gasteiger partial charge in [-0.15, -0.1) is 11.6 Å². The fourth-order valence-electron chi connectivity index (χ4n) is 1.42. The Morgan fingerprint density at radius 3 is 2.88 bits per heavy atom. The molecule has 17 heavy (non-hydrogen) atoms. The van der Waals surface area contributed by atoms with Crippen molar-refractivity contribution < 1.29 is 4.74 Å². The van der Waals surface area contributed by atoms with Crippen molar-refractivity contribution in [2.75, 3.05) is 17.8 Å². The lowest BCUT2D eigenvalue weighted by atomic mass is 10.2. The first-order chi connectivity index (χ1) is 8.30. The second-order valence-electron chi connectivity index (χ2n) is 3.82. The zero-order chi connectivity index (χ0) is 12.5. The fourth-order valence-corrected chi connectivity index (χ4v) is 1.69. The Bertz CT molecular complexity index is 322. The monoisotopic (exact) mass is 257 g/mol. The molecule has 5 heteroatoms. The molecular formula is C12H20ClN3O.